The Labute approximate surface area is 90.4 Å². The first-order chi connectivity index (χ1) is 7.29. The lowest BCUT2D eigenvalue weighted by Gasteiger charge is -2.13. The molecular formula is C12H18FNO. The summed E-state index contributed by atoms with van der Waals surface area (Å²) in [6.45, 7) is 2.89. The molecule has 0 aliphatic heterocycles. The maximum atomic E-state index is 12.0. The van der Waals surface area contributed by atoms with Crippen LogP contribution in [-0.4, -0.2) is 20.3 Å². The zero-order chi connectivity index (χ0) is 11.1. The van der Waals surface area contributed by atoms with Gasteiger partial charge in [0.25, 0.3) is 0 Å². The van der Waals surface area contributed by atoms with Crippen molar-refractivity contribution in [2.45, 2.75) is 19.9 Å². The molecule has 0 radical (unpaired) electrons. The van der Waals surface area contributed by atoms with E-state index in [0.29, 0.717) is 13.0 Å². The summed E-state index contributed by atoms with van der Waals surface area (Å²) in [5.74, 6) is 0.889. The second kappa shape index (κ2) is 6.40. The standard InChI is InChI=1S/C12H18FNO/c1-10-5-3-6-11(9-14-2)12(10)15-8-4-7-13/h3,5-6,14H,4,7-9H2,1-2H3. The summed E-state index contributed by atoms with van der Waals surface area (Å²) in [5.41, 5.74) is 2.22. The number of rotatable bonds is 6. The van der Waals surface area contributed by atoms with Gasteiger partial charge >= 0.3 is 0 Å². The van der Waals surface area contributed by atoms with Gasteiger partial charge in [0.2, 0.25) is 0 Å². The maximum absolute atomic E-state index is 12.0. The summed E-state index contributed by atoms with van der Waals surface area (Å²) in [7, 11) is 1.90. The largest absolute Gasteiger partial charge is 0.493 e. The predicted octanol–water partition coefficient (Wildman–Crippen LogP) is 2.45. The second-order valence-electron chi connectivity index (χ2n) is 3.48. The Morgan fingerprint density at radius 1 is 1.40 bits per heavy atom. The molecule has 0 bridgehead atoms. The van der Waals surface area contributed by atoms with E-state index >= 15 is 0 Å². The molecule has 0 atom stereocenters. The smallest absolute Gasteiger partial charge is 0.126 e. The first-order valence-electron chi connectivity index (χ1n) is 5.21. The fourth-order valence-corrected chi connectivity index (χ4v) is 1.48. The van der Waals surface area contributed by atoms with Gasteiger partial charge in [0.05, 0.1) is 13.3 Å². The van der Waals surface area contributed by atoms with Crippen LogP contribution < -0.4 is 10.1 Å². The zero-order valence-corrected chi connectivity index (χ0v) is 9.35. The number of hydrogen-bond donors (Lipinski definition) is 1. The molecule has 2 nitrogen and oxygen atoms in total. The lowest BCUT2D eigenvalue weighted by atomic mass is 10.1. The van der Waals surface area contributed by atoms with E-state index in [1.807, 2.05) is 32.2 Å². The van der Waals surface area contributed by atoms with E-state index in [2.05, 4.69) is 5.32 Å². The quantitative estimate of drug-likeness (QED) is 0.730. The Morgan fingerprint density at radius 3 is 2.87 bits per heavy atom. The molecule has 0 saturated heterocycles. The minimum atomic E-state index is -0.326. The molecule has 0 unspecified atom stereocenters. The molecule has 1 rings (SSSR count). The van der Waals surface area contributed by atoms with Gasteiger partial charge in [-0.05, 0) is 19.5 Å². The molecule has 0 aliphatic rings. The third-order valence-electron chi connectivity index (χ3n) is 2.19. The van der Waals surface area contributed by atoms with Crippen LogP contribution in [0.1, 0.15) is 17.5 Å². The molecule has 0 heterocycles. The van der Waals surface area contributed by atoms with Crippen LogP contribution >= 0.6 is 0 Å². The van der Waals surface area contributed by atoms with Crippen molar-refractivity contribution >= 4 is 0 Å². The summed E-state index contributed by atoms with van der Waals surface area (Å²) in [5, 5.41) is 3.09. The van der Waals surface area contributed by atoms with E-state index in [1.54, 1.807) is 0 Å². The third kappa shape index (κ3) is 3.51. The number of ether oxygens (including phenoxy) is 1. The number of para-hydroxylation sites is 1. The number of nitrogens with one attached hydrogen (secondary N) is 1. The van der Waals surface area contributed by atoms with Crippen LogP contribution in [0.4, 0.5) is 4.39 Å². The van der Waals surface area contributed by atoms with Crippen LogP contribution in [0.3, 0.4) is 0 Å². The highest BCUT2D eigenvalue weighted by atomic mass is 19.1. The molecule has 0 aromatic heterocycles. The molecule has 0 amide bonds. The molecule has 1 aromatic rings. The first-order valence-corrected chi connectivity index (χ1v) is 5.21. The highest BCUT2D eigenvalue weighted by Crippen LogP contribution is 2.23. The lowest BCUT2D eigenvalue weighted by Crippen LogP contribution is -2.09. The van der Waals surface area contributed by atoms with Crippen LogP contribution in [0.25, 0.3) is 0 Å². The van der Waals surface area contributed by atoms with Crippen LogP contribution in [-0.2, 0) is 6.54 Å². The van der Waals surface area contributed by atoms with Crippen molar-refractivity contribution in [1.82, 2.24) is 5.32 Å². The zero-order valence-electron chi connectivity index (χ0n) is 9.35. The predicted molar refractivity (Wildman–Crippen MR) is 60.0 cm³/mol. The molecule has 84 valence electrons. The highest BCUT2D eigenvalue weighted by molar-refractivity contribution is 5.40. The maximum Gasteiger partial charge on any atom is 0.126 e. The molecule has 0 saturated carbocycles. The third-order valence-corrected chi connectivity index (χ3v) is 2.19. The van der Waals surface area contributed by atoms with Crippen molar-refractivity contribution in [2.75, 3.05) is 20.3 Å². The van der Waals surface area contributed by atoms with E-state index in [0.717, 1.165) is 23.4 Å². The second-order valence-corrected chi connectivity index (χ2v) is 3.48. The summed E-state index contributed by atoms with van der Waals surface area (Å²) < 4.78 is 17.5. The number of hydrogen-bond acceptors (Lipinski definition) is 2. The Kier molecular flexibility index (Phi) is 5.12. The van der Waals surface area contributed by atoms with Crippen LogP contribution in [0.5, 0.6) is 5.75 Å². The fraction of sp³-hybridized carbons (Fsp3) is 0.500. The number of aryl methyl sites for hydroxylation is 1. The van der Waals surface area contributed by atoms with E-state index < -0.39 is 0 Å². The molecule has 0 spiro atoms. The highest BCUT2D eigenvalue weighted by Gasteiger charge is 2.05. The lowest BCUT2D eigenvalue weighted by molar-refractivity contribution is 0.285. The van der Waals surface area contributed by atoms with Crippen molar-refractivity contribution in [3.05, 3.63) is 29.3 Å². The van der Waals surface area contributed by atoms with E-state index in [9.17, 15) is 4.39 Å². The minimum absolute atomic E-state index is 0.326. The van der Waals surface area contributed by atoms with Crippen molar-refractivity contribution in [3.63, 3.8) is 0 Å². The van der Waals surface area contributed by atoms with Crippen molar-refractivity contribution in [2.24, 2.45) is 0 Å². The van der Waals surface area contributed by atoms with E-state index in [-0.39, 0.29) is 6.67 Å². The topological polar surface area (TPSA) is 21.3 Å². The van der Waals surface area contributed by atoms with Gasteiger partial charge in [0.15, 0.2) is 0 Å². The van der Waals surface area contributed by atoms with Gasteiger partial charge in [0.1, 0.15) is 5.75 Å². The molecule has 0 fully saturated rings. The molecule has 1 N–H and O–H groups in total. The van der Waals surface area contributed by atoms with Gasteiger partial charge in [-0.2, -0.15) is 0 Å². The Balaban J connectivity index is 2.72. The molecular weight excluding hydrogens is 193 g/mol. The van der Waals surface area contributed by atoms with E-state index in [4.69, 9.17) is 4.74 Å². The van der Waals surface area contributed by atoms with Crippen molar-refractivity contribution in [1.29, 1.82) is 0 Å². The molecule has 0 aliphatic carbocycles. The fourth-order valence-electron chi connectivity index (χ4n) is 1.48. The Morgan fingerprint density at radius 2 is 2.20 bits per heavy atom. The van der Waals surface area contributed by atoms with Crippen LogP contribution in [0.15, 0.2) is 18.2 Å². The van der Waals surface area contributed by atoms with E-state index in [1.165, 1.54) is 0 Å². The molecule has 3 heteroatoms. The number of alkyl halides is 1. The van der Waals surface area contributed by atoms with Crippen LogP contribution in [0, 0.1) is 6.92 Å². The van der Waals surface area contributed by atoms with Gasteiger partial charge in [0, 0.05) is 18.5 Å². The van der Waals surface area contributed by atoms with Gasteiger partial charge in [-0.15, -0.1) is 0 Å². The van der Waals surface area contributed by atoms with Crippen molar-refractivity contribution in [3.8, 4) is 5.75 Å². The normalized spacial score (nSPS) is 10.3. The van der Waals surface area contributed by atoms with Crippen LogP contribution in [0.2, 0.25) is 0 Å². The Bertz CT molecular complexity index is 302. The summed E-state index contributed by atoms with van der Waals surface area (Å²) in [4.78, 5) is 0. The minimum Gasteiger partial charge on any atom is -0.493 e. The van der Waals surface area contributed by atoms with Gasteiger partial charge in [-0.1, -0.05) is 18.2 Å². The summed E-state index contributed by atoms with van der Waals surface area (Å²) in [6.07, 6.45) is 0.452. The SMILES string of the molecule is CNCc1cccc(C)c1OCCCF. The summed E-state index contributed by atoms with van der Waals surface area (Å²) in [6, 6.07) is 6.03. The summed E-state index contributed by atoms with van der Waals surface area (Å²) >= 11 is 0. The molecule has 15 heavy (non-hydrogen) atoms. The molecule has 1 aromatic carbocycles. The van der Waals surface area contributed by atoms with Gasteiger partial charge < -0.3 is 10.1 Å². The average Bonchev–Trinajstić information content (AvgIpc) is 2.23. The van der Waals surface area contributed by atoms with Gasteiger partial charge in [-0.3, -0.25) is 4.39 Å². The number of benzene rings is 1. The van der Waals surface area contributed by atoms with Crippen molar-refractivity contribution < 1.29 is 9.13 Å². The monoisotopic (exact) mass is 211 g/mol. The Hall–Kier alpha value is -1.09. The average molecular weight is 211 g/mol. The van der Waals surface area contributed by atoms with Gasteiger partial charge in [-0.25, -0.2) is 0 Å². The first kappa shape index (κ1) is 12.0. The number of halogens is 1.